The van der Waals surface area contributed by atoms with Gasteiger partial charge in [0.2, 0.25) is 17.7 Å². The molecule has 1 heterocycles. The zero-order valence-electron chi connectivity index (χ0n) is 16.3. The largest absolute Gasteiger partial charge is 0.494 e. The van der Waals surface area contributed by atoms with Gasteiger partial charge in [-0.25, -0.2) is 0 Å². The van der Waals surface area contributed by atoms with Crippen molar-refractivity contribution in [2.24, 2.45) is 35.5 Å². The van der Waals surface area contributed by atoms with Crippen LogP contribution < -0.4 is 10.1 Å². The second-order valence-corrected chi connectivity index (χ2v) is 8.42. The molecule has 6 rings (SSSR count). The average molecular weight is 411 g/mol. The van der Waals surface area contributed by atoms with E-state index in [-0.39, 0.29) is 59.9 Å². The second-order valence-electron chi connectivity index (χ2n) is 8.42. The number of methoxy groups -OCH3 is 1. The van der Waals surface area contributed by atoms with E-state index in [1.807, 2.05) is 0 Å². The maximum absolute atomic E-state index is 12.9. The predicted molar refractivity (Wildman–Crippen MR) is 104 cm³/mol. The van der Waals surface area contributed by atoms with Gasteiger partial charge < -0.3 is 10.1 Å². The maximum Gasteiger partial charge on any atom is 0.273 e. The number of nitrogens with zero attached hydrogens (tertiary/aromatic N) is 2. The summed E-state index contributed by atoms with van der Waals surface area (Å²) in [6.07, 6.45) is 5.28. The van der Waals surface area contributed by atoms with Gasteiger partial charge in [-0.1, -0.05) is 12.2 Å². The van der Waals surface area contributed by atoms with Crippen LogP contribution in [0.25, 0.3) is 0 Å². The number of nitro groups is 1. The summed E-state index contributed by atoms with van der Waals surface area (Å²) in [6, 6.07) is 3.89. The molecule has 30 heavy (non-hydrogen) atoms. The molecule has 9 heteroatoms. The van der Waals surface area contributed by atoms with Crippen LogP contribution in [-0.2, 0) is 14.4 Å². The molecule has 6 atom stereocenters. The van der Waals surface area contributed by atoms with Gasteiger partial charge >= 0.3 is 0 Å². The Bertz CT molecular complexity index is 968. The van der Waals surface area contributed by atoms with Gasteiger partial charge in [0.25, 0.3) is 5.69 Å². The highest BCUT2D eigenvalue weighted by molar-refractivity contribution is 6.06. The molecule has 1 aromatic rings. The van der Waals surface area contributed by atoms with Gasteiger partial charge in [-0.2, -0.15) is 0 Å². The topological polar surface area (TPSA) is 119 Å². The molecule has 1 aliphatic heterocycles. The second kappa shape index (κ2) is 6.65. The molecule has 2 bridgehead atoms. The minimum Gasteiger partial charge on any atom is -0.494 e. The zero-order valence-corrected chi connectivity index (χ0v) is 16.3. The lowest BCUT2D eigenvalue weighted by molar-refractivity contribution is -0.384. The standard InChI is InChI=1S/C21H21N3O6/c1-30-16-8-10(24(28)29)2-5-15(16)22-17(25)6-7-23-20(26)18-11-3-4-12(14-9-13(11)14)19(18)21(23)27/h2-5,8,11-14,18-19H,6-7,9H2,1H3,(H,22,25)/t11-,12-,13-,14+,18-,19+/m1/s1. The third-order valence-corrected chi connectivity index (χ3v) is 6.99. The minimum atomic E-state index is -0.551. The van der Waals surface area contributed by atoms with Crippen molar-refractivity contribution in [3.63, 3.8) is 0 Å². The Balaban J connectivity index is 1.24. The molecule has 0 radical (unpaired) electrons. The number of carbonyl (C=O) groups excluding carboxylic acids is 3. The molecule has 3 amide bonds. The molecule has 5 aliphatic rings. The number of nitrogens with one attached hydrogen (secondary N) is 1. The summed E-state index contributed by atoms with van der Waals surface area (Å²) in [7, 11) is 1.35. The Morgan fingerprint density at radius 2 is 1.83 bits per heavy atom. The fourth-order valence-corrected chi connectivity index (χ4v) is 5.56. The van der Waals surface area contributed by atoms with Gasteiger partial charge in [-0.05, 0) is 36.2 Å². The van der Waals surface area contributed by atoms with Crippen molar-refractivity contribution in [2.75, 3.05) is 19.0 Å². The molecule has 0 spiro atoms. The number of non-ortho nitro benzene ring substituents is 1. The van der Waals surface area contributed by atoms with Crippen molar-refractivity contribution < 1.29 is 24.0 Å². The van der Waals surface area contributed by atoms with Crippen LogP contribution >= 0.6 is 0 Å². The molecule has 4 aliphatic carbocycles. The van der Waals surface area contributed by atoms with Crippen molar-refractivity contribution >= 4 is 29.1 Å². The highest BCUT2D eigenvalue weighted by atomic mass is 16.6. The highest BCUT2D eigenvalue weighted by Gasteiger charge is 2.66. The first kappa shape index (κ1) is 18.8. The fourth-order valence-electron chi connectivity index (χ4n) is 5.56. The number of benzene rings is 1. The van der Waals surface area contributed by atoms with Gasteiger partial charge in [0.05, 0.1) is 35.6 Å². The van der Waals surface area contributed by atoms with E-state index in [0.717, 1.165) is 6.42 Å². The highest BCUT2D eigenvalue weighted by Crippen LogP contribution is 2.65. The van der Waals surface area contributed by atoms with Crippen LogP contribution in [0.2, 0.25) is 0 Å². The lowest BCUT2D eigenvalue weighted by Crippen LogP contribution is -2.40. The van der Waals surface area contributed by atoms with Gasteiger partial charge in [0.1, 0.15) is 5.75 Å². The van der Waals surface area contributed by atoms with E-state index in [2.05, 4.69) is 17.5 Å². The van der Waals surface area contributed by atoms with Crippen molar-refractivity contribution in [1.29, 1.82) is 0 Å². The Labute approximate surface area is 172 Å². The summed E-state index contributed by atoms with van der Waals surface area (Å²) in [6.45, 7) is 0.0283. The number of likely N-dealkylation sites (tertiary alicyclic amines) is 1. The zero-order chi connectivity index (χ0) is 21.2. The van der Waals surface area contributed by atoms with Gasteiger partial charge in [0, 0.05) is 19.0 Å². The normalized spacial score (nSPS) is 32.6. The molecule has 3 fully saturated rings. The van der Waals surface area contributed by atoms with E-state index in [1.54, 1.807) is 0 Å². The number of hydrogen-bond donors (Lipinski definition) is 1. The Morgan fingerprint density at radius 1 is 1.20 bits per heavy atom. The molecule has 1 aromatic carbocycles. The third-order valence-electron chi connectivity index (χ3n) is 6.99. The molecule has 0 aromatic heterocycles. The summed E-state index contributed by atoms with van der Waals surface area (Å²) in [5.41, 5.74) is 0.144. The SMILES string of the molecule is COc1cc([N+](=O)[O-])ccc1NC(=O)CCN1C(=O)[C@@H]2[C@@H]3C=C[C@H]([C@@H]4C[C@H]34)[C@@H]2C1=O. The molecule has 0 unspecified atom stereocenters. The fraction of sp³-hybridized carbons (Fsp3) is 0.476. The first-order valence-corrected chi connectivity index (χ1v) is 10.1. The number of allylic oxidation sites excluding steroid dienone is 2. The van der Waals surface area contributed by atoms with Gasteiger partial charge in [-0.15, -0.1) is 0 Å². The van der Waals surface area contributed by atoms with Crippen LogP contribution in [0, 0.1) is 45.6 Å². The summed E-state index contributed by atoms with van der Waals surface area (Å²) in [5.74, 6) is 0.301. The van der Waals surface area contributed by atoms with Crippen molar-refractivity contribution in [2.45, 2.75) is 12.8 Å². The number of imide groups is 1. The van der Waals surface area contributed by atoms with Crippen LogP contribution in [-0.4, -0.2) is 41.2 Å². The smallest absolute Gasteiger partial charge is 0.273 e. The van der Waals surface area contributed by atoms with Crippen LogP contribution in [0.4, 0.5) is 11.4 Å². The van der Waals surface area contributed by atoms with Crippen molar-refractivity contribution in [3.8, 4) is 5.75 Å². The van der Waals surface area contributed by atoms with Crippen LogP contribution in [0.15, 0.2) is 30.4 Å². The Morgan fingerprint density at radius 3 is 2.40 bits per heavy atom. The summed E-state index contributed by atoms with van der Waals surface area (Å²) in [4.78, 5) is 49.9. The molecule has 156 valence electrons. The number of anilines is 1. The first-order valence-electron chi connectivity index (χ1n) is 10.1. The number of rotatable bonds is 6. The van der Waals surface area contributed by atoms with Crippen LogP contribution in [0.1, 0.15) is 12.8 Å². The monoisotopic (exact) mass is 411 g/mol. The molecule has 2 saturated carbocycles. The van der Waals surface area contributed by atoms with E-state index in [1.165, 1.54) is 30.2 Å². The van der Waals surface area contributed by atoms with E-state index in [9.17, 15) is 24.5 Å². The summed E-state index contributed by atoms with van der Waals surface area (Å²) in [5, 5.41) is 13.5. The molecular weight excluding hydrogens is 390 g/mol. The summed E-state index contributed by atoms with van der Waals surface area (Å²) < 4.78 is 5.11. The van der Waals surface area contributed by atoms with Crippen LogP contribution in [0.3, 0.4) is 0 Å². The van der Waals surface area contributed by atoms with Gasteiger partial charge in [-0.3, -0.25) is 29.4 Å². The lowest BCUT2D eigenvalue weighted by Gasteiger charge is -2.37. The third kappa shape index (κ3) is 2.72. The first-order chi connectivity index (χ1) is 14.4. The number of ether oxygens (including phenoxy) is 1. The van der Waals surface area contributed by atoms with E-state index in [0.29, 0.717) is 17.5 Å². The van der Waals surface area contributed by atoms with Crippen LogP contribution in [0.5, 0.6) is 5.75 Å². The Hall–Kier alpha value is -3.23. The number of amides is 3. The lowest BCUT2D eigenvalue weighted by atomic mass is 9.63. The average Bonchev–Trinajstić information content (AvgIpc) is 3.51. The quantitative estimate of drug-likeness (QED) is 0.331. The predicted octanol–water partition coefficient (Wildman–Crippen LogP) is 1.99. The van der Waals surface area contributed by atoms with E-state index < -0.39 is 10.8 Å². The van der Waals surface area contributed by atoms with Crippen molar-refractivity contribution in [1.82, 2.24) is 4.90 Å². The Kier molecular flexibility index (Phi) is 4.16. The summed E-state index contributed by atoms with van der Waals surface area (Å²) >= 11 is 0. The van der Waals surface area contributed by atoms with Crippen molar-refractivity contribution in [3.05, 3.63) is 40.5 Å². The number of hydrogen-bond acceptors (Lipinski definition) is 6. The maximum atomic E-state index is 12.9. The number of carbonyl (C=O) groups is 3. The molecular formula is C21H21N3O6. The molecule has 1 N–H and O–H groups in total. The van der Waals surface area contributed by atoms with E-state index >= 15 is 0 Å². The number of nitro benzene ring substituents is 1. The minimum absolute atomic E-state index is 0.0283. The molecule has 9 nitrogen and oxygen atoms in total. The molecule has 1 saturated heterocycles. The van der Waals surface area contributed by atoms with E-state index in [4.69, 9.17) is 4.74 Å². The van der Waals surface area contributed by atoms with Gasteiger partial charge in [0.15, 0.2) is 0 Å².